The van der Waals surface area contributed by atoms with E-state index < -0.39 is 18.4 Å². The Labute approximate surface area is 110 Å². The van der Waals surface area contributed by atoms with Gasteiger partial charge in [-0.05, 0) is 12.5 Å². The minimum absolute atomic E-state index is 0.187. The van der Waals surface area contributed by atoms with Crippen LogP contribution in [0.4, 0.5) is 0 Å². The lowest BCUT2D eigenvalue weighted by Crippen LogP contribution is -2.39. The molecular weight excluding hydrogens is 248 g/mol. The minimum Gasteiger partial charge on any atom is -0.480 e. The van der Waals surface area contributed by atoms with E-state index in [0.717, 1.165) is 11.1 Å². The Morgan fingerprint density at radius 3 is 2.16 bits per heavy atom. The SMILES string of the molecule is Cc1ccc(CC(=O)NCC(=O)NCC(=O)O)cc1. The summed E-state index contributed by atoms with van der Waals surface area (Å²) in [6.45, 7) is 1.28. The van der Waals surface area contributed by atoms with Crippen molar-refractivity contribution in [2.75, 3.05) is 13.1 Å². The largest absolute Gasteiger partial charge is 0.480 e. The van der Waals surface area contributed by atoms with Crippen molar-refractivity contribution in [2.45, 2.75) is 13.3 Å². The van der Waals surface area contributed by atoms with Gasteiger partial charge in [0.05, 0.1) is 13.0 Å². The Bertz CT molecular complexity index is 468. The zero-order valence-corrected chi connectivity index (χ0v) is 10.6. The standard InChI is InChI=1S/C13H16N2O4/c1-9-2-4-10(5-3-9)6-11(16)14-7-12(17)15-8-13(18)19/h2-5H,6-8H2,1H3,(H,14,16)(H,15,17)(H,18,19). The van der Waals surface area contributed by atoms with Crippen molar-refractivity contribution in [1.29, 1.82) is 0 Å². The van der Waals surface area contributed by atoms with Crippen LogP contribution in [0.1, 0.15) is 11.1 Å². The maximum atomic E-state index is 11.5. The van der Waals surface area contributed by atoms with Crippen LogP contribution in [-0.4, -0.2) is 36.0 Å². The topological polar surface area (TPSA) is 95.5 Å². The van der Waals surface area contributed by atoms with Gasteiger partial charge in [0.2, 0.25) is 11.8 Å². The van der Waals surface area contributed by atoms with E-state index in [1.54, 1.807) is 0 Å². The smallest absolute Gasteiger partial charge is 0.322 e. The molecule has 0 aliphatic rings. The summed E-state index contributed by atoms with van der Waals surface area (Å²) in [5.41, 5.74) is 1.96. The molecular formula is C13H16N2O4. The first-order chi connectivity index (χ1) is 8.97. The van der Waals surface area contributed by atoms with Crippen molar-refractivity contribution in [2.24, 2.45) is 0 Å². The number of nitrogens with one attached hydrogen (secondary N) is 2. The molecule has 6 heteroatoms. The van der Waals surface area contributed by atoms with Crippen molar-refractivity contribution in [3.8, 4) is 0 Å². The normalized spacial score (nSPS) is 9.74. The summed E-state index contributed by atoms with van der Waals surface area (Å²) >= 11 is 0. The zero-order chi connectivity index (χ0) is 14.3. The monoisotopic (exact) mass is 264 g/mol. The van der Waals surface area contributed by atoms with Crippen LogP contribution < -0.4 is 10.6 Å². The molecule has 0 heterocycles. The number of rotatable bonds is 6. The Morgan fingerprint density at radius 2 is 1.58 bits per heavy atom. The van der Waals surface area contributed by atoms with Crippen LogP contribution >= 0.6 is 0 Å². The fourth-order valence-corrected chi connectivity index (χ4v) is 1.37. The fourth-order valence-electron chi connectivity index (χ4n) is 1.37. The lowest BCUT2D eigenvalue weighted by Gasteiger charge is -2.05. The third kappa shape index (κ3) is 6.21. The van der Waals surface area contributed by atoms with E-state index in [0.29, 0.717) is 0 Å². The summed E-state index contributed by atoms with van der Waals surface area (Å²) in [5, 5.41) is 12.9. The van der Waals surface area contributed by atoms with Gasteiger partial charge in [-0.25, -0.2) is 0 Å². The molecule has 0 saturated heterocycles. The summed E-state index contributed by atoms with van der Waals surface area (Å²) < 4.78 is 0. The van der Waals surface area contributed by atoms with Gasteiger partial charge in [-0.2, -0.15) is 0 Å². The van der Waals surface area contributed by atoms with Gasteiger partial charge >= 0.3 is 5.97 Å². The number of aliphatic carboxylic acids is 1. The number of aryl methyl sites for hydroxylation is 1. The number of carboxylic acids is 1. The van der Waals surface area contributed by atoms with Crippen LogP contribution in [0.3, 0.4) is 0 Å². The van der Waals surface area contributed by atoms with Crippen molar-refractivity contribution in [3.63, 3.8) is 0 Å². The average Bonchev–Trinajstić information content (AvgIpc) is 2.36. The first-order valence-electron chi connectivity index (χ1n) is 5.78. The number of benzene rings is 1. The van der Waals surface area contributed by atoms with Crippen molar-refractivity contribution in [3.05, 3.63) is 35.4 Å². The summed E-state index contributed by atoms with van der Waals surface area (Å²) in [6.07, 6.45) is 0.187. The highest BCUT2D eigenvalue weighted by atomic mass is 16.4. The molecule has 6 nitrogen and oxygen atoms in total. The fraction of sp³-hybridized carbons (Fsp3) is 0.308. The molecule has 0 atom stereocenters. The second-order valence-corrected chi connectivity index (χ2v) is 4.11. The van der Waals surface area contributed by atoms with E-state index in [-0.39, 0.29) is 18.9 Å². The van der Waals surface area contributed by atoms with Gasteiger partial charge < -0.3 is 15.7 Å². The number of amides is 2. The molecule has 0 spiro atoms. The zero-order valence-electron chi connectivity index (χ0n) is 10.6. The molecule has 19 heavy (non-hydrogen) atoms. The van der Waals surface area contributed by atoms with E-state index in [9.17, 15) is 14.4 Å². The van der Waals surface area contributed by atoms with Crippen molar-refractivity contribution in [1.82, 2.24) is 10.6 Å². The molecule has 1 rings (SSSR count). The Hall–Kier alpha value is -2.37. The molecule has 0 aliphatic carbocycles. The third-order valence-corrected chi connectivity index (χ3v) is 2.37. The molecule has 0 aromatic heterocycles. The Kier molecular flexibility index (Phi) is 5.53. The number of carbonyl (C=O) groups is 3. The summed E-state index contributed by atoms with van der Waals surface area (Å²) in [7, 11) is 0. The van der Waals surface area contributed by atoms with Gasteiger partial charge in [0.25, 0.3) is 0 Å². The Balaban J connectivity index is 2.29. The van der Waals surface area contributed by atoms with Gasteiger partial charge in [0, 0.05) is 0 Å². The molecule has 1 aromatic rings. The molecule has 0 radical (unpaired) electrons. The first-order valence-corrected chi connectivity index (χ1v) is 5.78. The molecule has 0 fully saturated rings. The van der Waals surface area contributed by atoms with E-state index in [2.05, 4.69) is 10.6 Å². The quantitative estimate of drug-likeness (QED) is 0.666. The van der Waals surface area contributed by atoms with Crippen LogP contribution in [0.2, 0.25) is 0 Å². The van der Waals surface area contributed by atoms with Gasteiger partial charge in [-0.1, -0.05) is 29.8 Å². The van der Waals surface area contributed by atoms with E-state index >= 15 is 0 Å². The molecule has 0 bridgehead atoms. The van der Waals surface area contributed by atoms with Crippen LogP contribution in [0, 0.1) is 6.92 Å². The summed E-state index contributed by atoms with van der Waals surface area (Å²) in [5.74, 6) is -1.94. The number of hydrogen-bond donors (Lipinski definition) is 3. The maximum absolute atomic E-state index is 11.5. The maximum Gasteiger partial charge on any atom is 0.322 e. The number of hydrogen-bond acceptors (Lipinski definition) is 3. The second-order valence-electron chi connectivity index (χ2n) is 4.11. The van der Waals surface area contributed by atoms with Crippen LogP contribution in [0.5, 0.6) is 0 Å². The van der Waals surface area contributed by atoms with Crippen LogP contribution in [0.25, 0.3) is 0 Å². The van der Waals surface area contributed by atoms with E-state index in [1.165, 1.54) is 0 Å². The molecule has 3 N–H and O–H groups in total. The van der Waals surface area contributed by atoms with E-state index in [1.807, 2.05) is 31.2 Å². The first kappa shape index (κ1) is 14.7. The molecule has 0 saturated carbocycles. The minimum atomic E-state index is -1.13. The summed E-state index contributed by atoms with van der Waals surface area (Å²) in [6, 6.07) is 7.50. The molecule has 102 valence electrons. The van der Waals surface area contributed by atoms with Crippen molar-refractivity contribution < 1.29 is 19.5 Å². The molecule has 0 unspecified atom stereocenters. The summed E-state index contributed by atoms with van der Waals surface area (Å²) in [4.78, 5) is 32.9. The second kappa shape index (κ2) is 7.15. The van der Waals surface area contributed by atoms with Crippen LogP contribution in [0.15, 0.2) is 24.3 Å². The van der Waals surface area contributed by atoms with Crippen molar-refractivity contribution >= 4 is 17.8 Å². The highest BCUT2D eigenvalue weighted by Crippen LogP contribution is 2.03. The van der Waals surface area contributed by atoms with Crippen LogP contribution in [-0.2, 0) is 20.8 Å². The Morgan fingerprint density at radius 1 is 1.00 bits per heavy atom. The van der Waals surface area contributed by atoms with E-state index in [4.69, 9.17) is 5.11 Å². The lowest BCUT2D eigenvalue weighted by molar-refractivity contribution is -0.137. The number of carboxylic acid groups (broad SMARTS) is 1. The molecule has 1 aromatic carbocycles. The van der Waals surface area contributed by atoms with Gasteiger partial charge in [0.15, 0.2) is 0 Å². The van der Waals surface area contributed by atoms with Gasteiger partial charge in [-0.15, -0.1) is 0 Å². The van der Waals surface area contributed by atoms with Gasteiger partial charge in [-0.3, -0.25) is 14.4 Å². The lowest BCUT2D eigenvalue weighted by atomic mass is 10.1. The number of carbonyl (C=O) groups excluding carboxylic acids is 2. The predicted molar refractivity (Wildman–Crippen MR) is 68.5 cm³/mol. The highest BCUT2D eigenvalue weighted by molar-refractivity contribution is 5.87. The third-order valence-electron chi connectivity index (χ3n) is 2.37. The molecule has 2 amide bonds. The molecule has 0 aliphatic heterocycles. The average molecular weight is 264 g/mol. The van der Waals surface area contributed by atoms with Gasteiger partial charge in [0.1, 0.15) is 6.54 Å². The predicted octanol–water partition coefficient (Wildman–Crippen LogP) is -0.145. The highest BCUT2D eigenvalue weighted by Gasteiger charge is 2.07.